The van der Waals surface area contributed by atoms with Gasteiger partial charge in [0, 0.05) is 18.6 Å². The summed E-state index contributed by atoms with van der Waals surface area (Å²) in [5.74, 6) is -0.235. The predicted molar refractivity (Wildman–Crippen MR) is 91.3 cm³/mol. The van der Waals surface area contributed by atoms with E-state index >= 15 is 0 Å². The summed E-state index contributed by atoms with van der Waals surface area (Å²) in [6, 6.07) is 10.4. The van der Waals surface area contributed by atoms with Gasteiger partial charge in [-0.05, 0) is 74.9 Å². The quantitative estimate of drug-likeness (QED) is 0.568. The topological polar surface area (TPSA) is 29.1 Å². The van der Waals surface area contributed by atoms with Crippen molar-refractivity contribution in [1.82, 2.24) is 0 Å². The summed E-state index contributed by atoms with van der Waals surface area (Å²) in [7, 11) is 0. The van der Waals surface area contributed by atoms with Crippen molar-refractivity contribution in [3.05, 3.63) is 60.0 Å². The summed E-state index contributed by atoms with van der Waals surface area (Å²) in [5.41, 5.74) is 1.12. The Hall–Kier alpha value is -0.300. The van der Waals surface area contributed by atoms with Gasteiger partial charge in [0.2, 0.25) is 0 Å². The first kappa shape index (κ1) is 15.1. The van der Waals surface area contributed by atoms with Gasteiger partial charge in [-0.25, -0.2) is 0 Å². The average molecular weight is 471 g/mol. The van der Waals surface area contributed by atoms with Crippen LogP contribution in [-0.4, -0.2) is 5.91 Å². The van der Waals surface area contributed by atoms with Crippen molar-refractivity contribution in [3.63, 3.8) is 0 Å². The fourth-order valence-electron chi connectivity index (χ4n) is 1.43. The number of carbonyl (C=O) groups is 1. The van der Waals surface area contributed by atoms with Crippen LogP contribution in [0.1, 0.15) is 10.4 Å². The Balaban J connectivity index is 2.25. The Morgan fingerprint density at radius 1 is 1.16 bits per heavy atom. The van der Waals surface area contributed by atoms with Gasteiger partial charge in [-0.1, -0.05) is 23.2 Å². The molecule has 0 saturated carbocycles. The highest BCUT2D eigenvalue weighted by atomic mass is 127. The molecule has 0 spiro atoms. The van der Waals surface area contributed by atoms with Gasteiger partial charge in [-0.3, -0.25) is 4.79 Å². The van der Waals surface area contributed by atoms with Crippen LogP contribution < -0.4 is 5.32 Å². The summed E-state index contributed by atoms with van der Waals surface area (Å²) in [4.78, 5) is 12.1. The van der Waals surface area contributed by atoms with Crippen LogP contribution in [0.15, 0.2) is 40.9 Å². The Kier molecular flexibility index (Phi) is 5.11. The van der Waals surface area contributed by atoms with E-state index in [2.05, 4.69) is 43.8 Å². The van der Waals surface area contributed by atoms with Gasteiger partial charge in [0.25, 0.3) is 5.91 Å². The van der Waals surface area contributed by atoms with Crippen LogP contribution in [0.2, 0.25) is 10.0 Å². The van der Waals surface area contributed by atoms with E-state index in [1.165, 1.54) is 0 Å². The second-order valence-electron chi connectivity index (χ2n) is 3.71. The Morgan fingerprint density at radius 3 is 2.58 bits per heavy atom. The third-order valence-electron chi connectivity index (χ3n) is 2.36. The van der Waals surface area contributed by atoms with Gasteiger partial charge in [0.15, 0.2) is 0 Å². The monoisotopic (exact) mass is 469 g/mol. The molecule has 0 fully saturated rings. The number of nitrogens with one attached hydrogen (secondary N) is 1. The van der Waals surface area contributed by atoms with E-state index in [0.29, 0.717) is 21.3 Å². The maximum Gasteiger partial charge on any atom is 0.255 e. The second-order valence-corrected chi connectivity index (χ2v) is 6.57. The molecule has 0 aliphatic heterocycles. The zero-order valence-electron chi connectivity index (χ0n) is 9.38. The predicted octanol–water partition coefficient (Wildman–Crippen LogP) is 5.61. The van der Waals surface area contributed by atoms with E-state index in [1.54, 1.807) is 36.4 Å². The summed E-state index contributed by atoms with van der Waals surface area (Å²) in [5, 5.41) is 3.89. The van der Waals surface area contributed by atoms with Crippen molar-refractivity contribution in [2.75, 3.05) is 5.32 Å². The molecule has 2 nitrogen and oxygen atoms in total. The van der Waals surface area contributed by atoms with Crippen LogP contribution in [0.3, 0.4) is 0 Å². The van der Waals surface area contributed by atoms with E-state index in [1.807, 2.05) is 0 Å². The average Bonchev–Trinajstić information content (AvgIpc) is 2.37. The third kappa shape index (κ3) is 3.84. The standard InChI is InChI=1S/C13H7BrCl2INO/c14-9-3-2-8(15)6-12(9)18-13(19)7-1-4-11(17)10(16)5-7/h1-6H,(H,18,19). The third-order valence-corrected chi connectivity index (χ3v) is 4.86. The molecule has 2 aromatic carbocycles. The van der Waals surface area contributed by atoms with E-state index in [0.717, 1.165) is 8.04 Å². The van der Waals surface area contributed by atoms with Crippen LogP contribution in [0.5, 0.6) is 0 Å². The maximum absolute atomic E-state index is 12.1. The second kappa shape index (κ2) is 6.43. The molecule has 0 aliphatic carbocycles. The molecule has 0 unspecified atom stereocenters. The zero-order chi connectivity index (χ0) is 14.0. The number of hydrogen-bond donors (Lipinski definition) is 1. The van der Waals surface area contributed by atoms with Crippen molar-refractivity contribution in [2.24, 2.45) is 0 Å². The number of halogens is 4. The lowest BCUT2D eigenvalue weighted by Gasteiger charge is -2.08. The molecule has 0 aromatic heterocycles. The first-order valence-corrected chi connectivity index (χ1v) is 7.81. The summed E-state index contributed by atoms with van der Waals surface area (Å²) in [6.45, 7) is 0. The number of carbonyl (C=O) groups excluding carboxylic acids is 1. The molecular formula is C13H7BrCl2INO. The lowest BCUT2D eigenvalue weighted by molar-refractivity contribution is 0.102. The molecule has 1 amide bonds. The molecule has 6 heteroatoms. The lowest BCUT2D eigenvalue weighted by atomic mass is 10.2. The molecule has 0 bridgehead atoms. The number of benzene rings is 2. The van der Waals surface area contributed by atoms with Crippen molar-refractivity contribution >= 4 is 73.3 Å². The summed E-state index contributed by atoms with van der Waals surface area (Å²) < 4.78 is 1.67. The number of hydrogen-bond acceptors (Lipinski definition) is 1. The minimum atomic E-state index is -0.235. The van der Waals surface area contributed by atoms with E-state index in [9.17, 15) is 4.79 Å². The van der Waals surface area contributed by atoms with E-state index in [-0.39, 0.29) is 5.91 Å². The van der Waals surface area contributed by atoms with Crippen LogP contribution in [0, 0.1) is 3.57 Å². The molecule has 0 aliphatic rings. The first-order valence-electron chi connectivity index (χ1n) is 5.19. The van der Waals surface area contributed by atoms with Gasteiger partial charge >= 0.3 is 0 Å². The molecule has 0 atom stereocenters. The highest BCUT2D eigenvalue weighted by molar-refractivity contribution is 14.1. The van der Waals surface area contributed by atoms with Gasteiger partial charge in [-0.2, -0.15) is 0 Å². The zero-order valence-corrected chi connectivity index (χ0v) is 14.6. The largest absolute Gasteiger partial charge is 0.321 e. The van der Waals surface area contributed by atoms with Crippen molar-refractivity contribution < 1.29 is 4.79 Å². The van der Waals surface area contributed by atoms with Crippen LogP contribution in [0.4, 0.5) is 5.69 Å². The Morgan fingerprint density at radius 2 is 1.89 bits per heavy atom. The van der Waals surface area contributed by atoms with Crippen molar-refractivity contribution in [3.8, 4) is 0 Å². The normalized spacial score (nSPS) is 10.3. The van der Waals surface area contributed by atoms with Gasteiger partial charge < -0.3 is 5.32 Å². The van der Waals surface area contributed by atoms with Gasteiger partial charge in [-0.15, -0.1) is 0 Å². The lowest BCUT2D eigenvalue weighted by Crippen LogP contribution is -2.12. The van der Waals surface area contributed by atoms with Crippen LogP contribution >= 0.6 is 61.7 Å². The SMILES string of the molecule is O=C(Nc1cc(Cl)ccc1Br)c1ccc(I)c(Cl)c1. The molecule has 98 valence electrons. The molecule has 1 N–H and O–H groups in total. The minimum absolute atomic E-state index is 0.235. The summed E-state index contributed by atoms with van der Waals surface area (Å²) >= 11 is 17.4. The molecule has 0 radical (unpaired) electrons. The minimum Gasteiger partial charge on any atom is -0.321 e. The Bertz CT molecular complexity index is 649. The fourth-order valence-corrected chi connectivity index (χ4v) is 2.46. The molecule has 0 heterocycles. The Labute approximate surface area is 142 Å². The van der Waals surface area contributed by atoms with Crippen molar-refractivity contribution in [1.29, 1.82) is 0 Å². The molecule has 2 rings (SSSR count). The highest BCUT2D eigenvalue weighted by Crippen LogP contribution is 2.27. The smallest absolute Gasteiger partial charge is 0.255 e. The maximum atomic E-state index is 12.1. The first-order chi connectivity index (χ1) is 8.97. The number of amides is 1. The molecular weight excluding hydrogens is 464 g/mol. The van der Waals surface area contributed by atoms with Crippen LogP contribution in [-0.2, 0) is 0 Å². The van der Waals surface area contributed by atoms with Gasteiger partial charge in [0.05, 0.1) is 10.7 Å². The number of anilines is 1. The van der Waals surface area contributed by atoms with Crippen LogP contribution in [0.25, 0.3) is 0 Å². The van der Waals surface area contributed by atoms with Crippen molar-refractivity contribution in [2.45, 2.75) is 0 Å². The molecule has 19 heavy (non-hydrogen) atoms. The number of rotatable bonds is 2. The fraction of sp³-hybridized carbons (Fsp3) is 0. The van der Waals surface area contributed by atoms with E-state index in [4.69, 9.17) is 23.2 Å². The molecule has 0 saturated heterocycles. The molecule has 2 aromatic rings. The van der Waals surface area contributed by atoms with Gasteiger partial charge in [0.1, 0.15) is 0 Å². The highest BCUT2D eigenvalue weighted by Gasteiger charge is 2.10. The summed E-state index contributed by atoms with van der Waals surface area (Å²) in [6.07, 6.45) is 0. The van der Waals surface area contributed by atoms with E-state index < -0.39 is 0 Å².